The predicted molar refractivity (Wildman–Crippen MR) is 105 cm³/mol. The van der Waals surface area contributed by atoms with Crippen LogP contribution in [0.25, 0.3) is 11.3 Å². The van der Waals surface area contributed by atoms with E-state index < -0.39 is 0 Å². The van der Waals surface area contributed by atoms with Gasteiger partial charge < -0.3 is 14.3 Å². The second kappa shape index (κ2) is 6.80. The van der Waals surface area contributed by atoms with Gasteiger partial charge in [-0.05, 0) is 70.9 Å². The van der Waals surface area contributed by atoms with Crippen LogP contribution in [0.5, 0.6) is 0 Å². The van der Waals surface area contributed by atoms with Crippen LogP contribution in [0, 0.1) is 6.92 Å². The molecule has 3 heterocycles. The summed E-state index contributed by atoms with van der Waals surface area (Å²) in [6.07, 6.45) is 7.83. The van der Waals surface area contributed by atoms with Gasteiger partial charge in [0.2, 0.25) is 0 Å². The number of halogens is 1. The van der Waals surface area contributed by atoms with E-state index >= 15 is 0 Å². The van der Waals surface area contributed by atoms with E-state index in [4.69, 9.17) is 0 Å². The van der Waals surface area contributed by atoms with Crippen molar-refractivity contribution in [2.24, 2.45) is 0 Å². The van der Waals surface area contributed by atoms with Crippen LogP contribution >= 0.6 is 15.9 Å². The number of amides is 1. The Morgan fingerprint density at radius 3 is 2.62 bits per heavy atom. The number of aryl methyl sites for hydroxylation is 1. The summed E-state index contributed by atoms with van der Waals surface area (Å²) in [6.45, 7) is 2.40. The molecule has 0 atom stereocenters. The highest BCUT2D eigenvalue weighted by atomic mass is 79.9. The number of rotatable bonds is 4. The first kappa shape index (κ1) is 16.6. The molecule has 3 aromatic heterocycles. The molecule has 26 heavy (non-hydrogen) atoms. The van der Waals surface area contributed by atoms with Gasteiger partial charge in [-0.15, -0.1) is 0 Å². The lowest BCUT2D eigenvalue weighted by molar-refractivity contribution is 0.0950. The van der Waals surface area contributed by atoms with Crippen LogP contribution in [0.4, 0.5) is 0 Å². The van der Waals surface area contributed by atoms with E-state index in [-0.39, 0.29) is 5.91 Å². The van der Waals surface area contributed by atoms with Crippen molar-refractivity contribution >= 4 is 27.5 Å². The highest BCUT2D eigenvalue weighted by Gasteiger charge is 2.09. The molecule has 0 bridgehead atoms. The Kier molecular flexibility index (Phi) is 4.34. The van der Waals surface area contributed by atoms with Gasteiger partial charge in [0.1, 0.15) is 5.65 Å². The SMILES string of the molecule is Cc1cc(Br)cn2cc(CNC(=O)c3ccc(-n4cccc4)cc3)nc12. The van der Waals surface area contributed by atoms with Crippen molar-refractivity contribution in [3.8, 4) is 5.69 Å². The molecule has 4 rings (SSSR count). The first-order valence-electron chi connectivity index (χ1n) is 8.25. The van der Waals surface area contributed by atoms with Crippen LogP contribution in [0.3, 0.4) is 0 Å². The fraction of sp³-hybridized carbons (Fsp3) is 0.100. The largest absolute Gasteiger partial charge is 0.346 e. The number of imidazole rings is 1. The molecule has 1 N–H and O–H groups in total. The summed E-state index contributed by atoms with van der Waals surface area (Å²) >= 11 is 3.49. The standard InChI is InChI=1S/C20H17BrN4O/c1-14-10-16(21)12-25-13-17(23-19(14)25)11-22-20(26)15-4-6-18(7-5-15)24-8-2-3-9-24/h2-10,12-13H,11H2,1H3,(H,22,26). The van der Waals surface area contributed by atoms with E-state index in [0.29, 0.717) is 12.1 Å². The normalized spacial score (nSPS) is 11.0. The van der Waals surface area contributed by atoms with E-state index in [1.807, 2.05) is 83.1 Å². The summed E-state index contributed by atoms with van der Waals surface area (Å²) in [5.74, 6) is -0.112. The van der Waals surface area contributed by atoms with Crippen molar-refractivity contribution in [3.05, 3.63) is 88.5 Å². The minimum Gasteiger partial charge on any atom is -0.346 e. The number of nitrogens with one attached hydrogen (secondary N) is 1. The van der Waals surface area contributed by atoms with Crippen LogP contribution < -0.4 is 5.32 Å². The Balaban J connectivity index is 1.46. The first-order valence-corrected chi connectivity index (χ1v) is 9.05. The van der Waals surface area contributed by atoms with Crippen LogP contribution in [0.15, 0.2) is 71.7 Å². The first-order chi connectivity index (χ1) is 12.6. The molecule has 0 unspecified atom stereocenters. The minimum atomic E-state index is -0.112. The molecule has 0 saturated heterocycles. The number of carbonyl (C=O) groups excluding carboxylic acids is 1. The Bertz CT molecular complexity index is 1070. The molecule has 0 aliphatic carbocycles. The molecule has 1 aromatic carbocycles. The van der Waals surface area contributed by atoms with Gasteiger partial charge in [0.05, 0.1) is 12.2 Å². The fourth-order valence-corrected chi connectivity index (χ4v) is 3.49. The molecule has 0 radical (unpaired) electrons. The summed E-state index contributed by atoms with van der Waals surface area (Å²) in [5.41, 5.74) is 4.45. The number of fused-ring (bicyclic) bond motifs is 1. The molecule has 0 aliphatic rings. The van der Waals surface area contributed by atoms with E-state index in [2.05, 4.69) is 26.2 Å². The monoisotopic (exact) mass is 408 g/mol. The second-order valence-electron chi connectivity index (χ2n) is 6.12. The number of carbonyl (C=O) groups is 1. The Morgan fingerprint density at radius 2 is 1.88 bits per heavy atom. The van der Waals surface area contributed by atoms with Crippen LogP contribution in [0.1, 0.15) is 21.6 Å². The molecular formula is C20H17BrN4O. The third kappa shape index (κ3) is 3.28. The maximum Gasteiger partial charge on any atom is 0.251 e. The van der Waals surface area contributed by atoms with Gasteiger partial charge in [-0.1, -0.05) is 0 Å². The predicted octanol–water partition coefficient (Wildman–Crippen LogP) is 4.13. The van der Waals surface area contributed by atoms with Gasteiger partial charge in [-0.3, -0.25) is 4.79 Å². The summed E-state index contributed by atoms with van der Waals surface area (Å²) in [6, 6.07) is 13.5. The molecule has 4 aromatic rings. The zero-order valence-electron chi connectivity index (χ0n) is 14.2. The maximum atomic E-state index is 12.4. The smallest absolute Gasteiger partial charge is 0.251 e. The number of aromatic nitrogens is 3. The van der Waals surface area contributed by atoms with Gasteiger partial charge in [-0.25, -0.2) is 4.98 Å². The fourth-order valence-electron chi connectivity index (χ4n) is 2.93. The average molecular weight is 409 g/mol. The van der Waals surface area contributed by atoms with E-state index in [0.717, 1.165) is 27.1 Å². The Morgan fingerprint density at radius 1 is 1.15 bits per heavy atom. The number of nitrogens with zero attached hydrogens (tertiary/aromatic N) is 3. The van der Waals surface area contributed by atoms with E-state index in [9.17, 15) is 4.79 Å². The zero-order chi connectivity index (χ0) is 18.1. The number of hydrogen-bond acceptors (Lipinski definition) is 2. The van der Waals surface area contributed by atoms with E-state index in [1.165, 1.54) is 0 Å². The molecule has 1 amide bonds. The molecule has 6 heteroatoms. The third-order valence-electron chi connectivity index (χ3n) is 4.21. The van der Waals surface area contributed by atoms with Crippen LogP contribution in [-0.4, -0.2) is 19.9 Å². The topological polar surface area (TPSA) is 51.3 Å². The molecule has 130 valence electrons. The van der Waals surface area contributed by atoms with Crippen molar-refractivity contribution in [1.82, 2.24) is 19.3 Å². The quantitative estimate of drug-likeness (QED) is 0.551. The molecule has 0 aliphatic heterocycles. The molecular weight excluding hydrogens is 392 g/mol. The van der Waals surface area contributed by atoms with Crippen LogP contribution in [0.2, 0.25) is 0 Å². The van der Waals surface area contributed by atoms with Crippen molar-refractivity contribution in [2.75, 3.05) is 0 Å². The Hall–Kier alpha value is -2.86. The van der Waals surface area contributed by atoms with Gasteiger partial charge in [0, 0.05) is 40.5 Å². The van der Waals surface area contributed by atoms with Gasteiger partial charge in [0.15, 0.2) is 0 Å². The number of hydrogen-bond donors (Lipinski definition) is 1. The Labute approximate surface area is 159 Å². The molecule has 0 saturated carbocycles. The third-order valence-corrected chi connectivity index (χ3v) is 4.65. The number of pyridine rings is 1. The number of benzene rings is 1. The summed E-state index contributed by atoms with van der Waals surface area (Å²) in [7, 11) is 0. The minimum absolute atomic E-state index is 0.112. The van der Waals surface area contributed by atoms with Crippen molar-refractivity contribution in [3.63, 3.8) is 0 Å². The highest BCUT2D eigenvalue weighted by Crippen LogP contribution is 2.17. The lowest BCUT2D eigenvalue weighted by Gasteiger charge is -2.06. The van der Waals surface area contributed by atoms with E-state index in [1.54, 1.807) is 0 Å². The van der Waals surface area contributed by atoms with Gasteiger partial charge >= 0.3 is 0 Å². The van der Waals surface area contributed by atoms with Crippen LogP contribution in [-0.2, 0) is 6.54 Å². The maximum absolute atomic E-state index is 12.4. The second-order valence-corrected chi connectivity index (χ2v) is 7.04. The van der Waals surface area contributed by atoms with Crippen molar-refractivity contribution in [1.29, 1.82) is 0 Å². The lowest BCUT2D eigenvalue weighted by Crippen LogP contribution is -2.22. The molecule has 0 fully saturated rings. The summed E-state index contributed by atoms with van der Waals surface area (Å²) in [5, 5.41) is 2.93. The summed E-state index contributed by atoms with van der Waals surface area (Å²) in [4.78, 5) is 17.0. The molecule has 5 nitrogen and oxygen atoms in total. The lowest BCUT2D eigenvalue weighted by atomic mass is 10.2. The summed E-state index contributed by atoms with van der Waals surface area (Å²) < 4.78 is 4.96. The van der Waals surface area contributed by atoms with Crippen molar-refractivity contribution < 1.29 is 4.79 Å². The van der Waals surface area contributed by atoms with Crippen molar-refractivity contribution in [2.45, 2.75) is 13.5 Å². The average Bonchev–Trinajstić information content (AvgIpc) is 3.29. The van der Waals surface area contributed by atoms with Gasteiger partial charge in [0.25, 0.3) is 5.91 Å². The molecule has 0 spiro atoms. The van der Waals surface area contributed by atoms with Gasteiger partial charge in [-0.2, -0.15) is 0 Å². The zero-order valence-corrected chi connectivity index (χ0v) is 15.8. The highest BCUT2D eigenvalue weighted by molar-refractivity contribution is 9.10.